The molecule has 1 aliphatic rings. The summed E-state index contributed by atoms with van der Waals surface area (Å²) in [5.74, 6) is 0.674. The van der Waals surface area contributed by atoms with Gasteiger partial charge in [0.2, 0.25) is 0 Å². The van der Waals surface area contributed by atoms with E-state index >= 15 is 0 Å². The number of hydrogen-bond acceptors (Lipinski definition) is 1. The molecule has 0 saturated carbocycles. The Labute approximate surface area is 106 Å². The van der Waals surface area contributed by atoms with Crippen LogP contribution in [0.1, 0.15) is 47.0 Å². The molecule has 17 heavy (non-hydrogen) atoms. The Kier molecular flexibility index (Phi) is 4.76. The van der Waals surface area contributed by atoms with Crippen molar-refractivity contribution in [2.24, 2.45) is 11.3 Å². The van der Waals surface area contributed by atoms with Crippen molar-refractivity contribution in [3.63, 3.8) is 0 Å². The van der Waals surface area contributed by atoms with Gasteiger partial charge in [-0.2, -0.15) is 0 Å². The predicted molar refractivity (Wildman–Crippen MR) is 74.8 cm³/mol. The highest BCUT2D eigenvalue weighted by molar-refractivity contribution is 5.19. The first-order valence-electron chi connectivity index (χ1n) is 6.52. The molecule has 0 aliphatic heterocycles. The summed E-state index contributed by atoms with van der Waals surface area (Å²) >= 11 is 0. The van der Waals surface area contributed by atoms with E-state index in [4.69, 9.17) is 0 Å². The van der Waals surface area contributed by atoms with E-state index in [0.717, 1.165) is 12.0 Å². The van der Waals surface area contributed by atoms with Gasteiger partial charge in [0.05, 0.1) is 6.10 Å². The molecule has 1 heteroatoms. The Morgan fingerprint density at radius 2 is 2.29 bits per heavy atom. The van der Waals surface area contributed by atoms with Crippen LogP contribution in [-0.4, -0.2) is 11.2 Å². The Hall–Kier alpha value is -0.820. The molecule has 1 N–H and O–H groups in total. The van der Waals surface area contributed by atoms with Crippen molar-refractivity contribution < 1.29 is 5.11 Å². The number of aliphatic hydroxyl groups excluding tert-OH is 1. The van der Waals surface area contributed by atoms with Gasteiger partial charge in [-0.25, -0.2) is 0 Å². The molecule has 2 unspecified atom stereocenters. The lowest BCUT2D eigenvalue weighted by molar-refractivity contribution is 0.213. The van der Waals surface area contributed by atoms with Crippen molar-refractivity contribution in [1.82, 2.24) is 0 Å². The molecule has 0 fully saturated rings. The Balaban J connectivity index is 2.57. The van der Waals surface area contributed by atoms with Crippen molar-refractivity contribution in [3.8, 4) is 0 Å². The number of rotatable bonds is 5. The van der Waals surface area contributed by atoms with Gasteiger partial charge >= 0.3 is 0 Å². The summed E-state index contributed by atoms with van der Waals surface area (Å²) in [6.45, 7) is 12.5. The van der Waals surface area contributed by atoms with Crippen LogP contribution in [0.5, 0.6) is 0 Å². The van der Waals surface area contributed by atoms with Gasteiger partial charge in [-0.05, 0) is 50.0 Å². The second-order valence-corrected chi connectivity index (χ2v) is 5.77. The van der Waals surface area contributed by atoms with Crippen LogP contribution >= 0.6 is 0 Å². The molecule has 0 aromatic rings. The highest BCUT2D eigenvalue weighted by atomic mass is 16.3. The summed E-state index contributed by atoms with van der Waals surface area (Å²) in [4.78, 5) is 0. The monoisotopic (exact) mass is 234 g/mol. The Bertz CT molecular complexity index is 333. The van der Waals surface area contributed by atoms with Crippen molar-refractivity contribution in [2.75, 3.05) is 0 Å². The van der Waals surface area contributed by atoms with Gasteiger partial charge in [0.25, 0.3) is 0 Å². The molecular formula is C16H26O. The van der Waals surface area contributed by atoms with Crippen molar-refractivity contribution >= 4 is 0 Å². The smallest absolute Gasteiger partial charge is 0.0781 e. The minimum Gasteiger partial charge on any atom is -0.388 e. The van der Waals surface area contributed by atoms with Crippen LogP contribution in [0.25, 0.3) is 0 Å². The minimum atomic E-state index is -0.355. The van der Waals surface area contributed by atoms with E-state index in [1.165, 1.54) is 12.0 Å². The van der Waals surface area contributed by atoms with E-state index < -0.39 is 0 Å². The summed E-state index contributed by atoms with van der Waals surface area (Å²) in [5, 5.41) is 9.82. The lowest BCUT2D eigenvalue weighted by atomic mass is 9.76. The molecule has 0 saturated heterocycles. The normalized spacial score (nSPS) is 25.6. The third-order valence-corrected chi connectivity index (χ3v) is 4.39. The Morgan fingerprint density at radius 1 is 1.65 bits per heavy atom. The van der Waals surface area contributed by atoms with Gasteiger partial charge in [0, 0.05) is 0 Å². The molecule has 0 aromatic heterocycles. The summed E-state index contributed by atoms with van der Waals surface area (Å²) in [6, 6.07) is 0. The van der Waals surface area contributed by atoms with Crippen LogP contribution < -0.4 is 0 Å². The maximum Gasteiger partial charge on any atom is 0.0781 e. The fourth-order valence-corrected chi connectivity index (χ4v) is 2.40. The Morgan fingerprint density at radius 3 is 2.76 bits per heavy atom. The van der Waals surface area contributed by atoms with Crippen molar-refractivity contribution in [3.05, 3.63) is 36.0 Å². The average molecular weight is 234 g/mol. The zero-order chi connectivity index (χ0) is 13.1. The van der Waals surface area contributed by atoms with Crippen LogP contribution in [0.2, 0.25) is 0 Å². The number of hydrogen-bond donors (Lipinski definition) is 1. The van der Waals surface area contributed by atoms with Crippen LogP contribution in [0, 0.1) is 11.3 Å². The maximum absolute atomic E-state index is 9.82. The zero-order valence-electron chi connectivity index (χ0n) is 11.7. The molecule has 1 aliphatic carbocycles. The largest absolute Gasteiger partial charge is 0.388 e. The van der Waals surface area contributed by atoms with Crippen LogP contribution in [0.4, 0.5) is 0 Å². The van der Waals surface area contributed by atoms with Crippen LogP contribution in [-0.2, 0) is 0 Å². The lowest BCUT2D eigenvalue weighted by Gasteiger charge is -2.29. The molecule has 96 valence electrons. The van der Waals surface area contributed by atoms with Crippen molar-refractivity contribution in [2.45, 2.75) is 53.1 Å². The topological polar surface area (TPSA) is 20.2 Å². The average Bonchev–Trinajstić information content (AvgIpc) is 2.51. The minimum absolute atomic E-state index is 0.306. The first kappa shape index (κ1) is 14.2. The van der Waals surface area contributed by atoms with Gasteiger partial charge in [0.1, 0.15) is 0 Å². The molecule has 0 radical (unpaired) electrons. The van der Waals surface area contributed by atoms with Crippen LogP contribution in [0.3, 0.4) is 0 Å². The van der Waals surface area contributed by atoms with E-state index in [2.05, 4.69) is 39.5 Å². The van der Waals surface area contributed by atoms with E-state index in [-0.39, 0.29) is 6.10 Å². The van der Waals surface area contributed by atoms with E-state index in [9.17, 15) is 5.11 Å². The second-order valence-electron chi connectivity index (χ2n) is 5.77. The molecule has 0 aromatic carbocycles. The first-order valence-corrected chi connectivity index (χ1v) is 6.52. The predicted octanol–water partition coefficient (Wildman–Crippen LogP) is 4.25. The SMILES string of the molecule is C=CCC(O)C(C)=CCC1CC=C(C)C1(C)C. The fourth-order valence-electron chi connectivity index (χ4n) is 2.40. The molecule has 2 atom stereocenters. The standard InChI is InChI=1S/C16H26O/c1-6-7-15(17)12(2)8-10-14-11-9-13(3)16(14,4)5/h6,8-9,14-15,17H,1,7,10-11H2,2-5H3. The zero-order valence-corrected chi connectivity index (χ0v) is 11.7. The summed E-state index contributed by atoms with van der Waals surface area (Å²) in [5.41, 5.74) is 2.88. The third-order valence-electron chi connectivity index (χ3n) is 4.39. The molecular weight excluding hydrogens is 208 g/mol. The molecule has 1 nitrogen and oxygen atoms in total. The van der Waals surface area contributed by atoms with E-state index in [1.807, 2.05) is 6.92 Å². The van der Waals surface area contributed by atoms with Gasteiger partial charge in [-0.1, -0.05) is 37.6 Å². The second kappa shape index (κ2) is 5.68. The molecule has 1 rings (SSSR count). The molecule has 0 heterocycles. The van der Waals surface area contributed by atoms with Gasteiger partial charge in [-0.15, -0.1) is 6.58 Å². The quantitative estimate of drug-likeness (QED) is 0.705. The highest BCUT2D eigenvalue weighted by Crippen LogP contribution is 2.44. The fraction of sp³-hybridized carbons (Fsp3) is 0.625. The van der Waals surface area contributed by atoms with Gasteiger partial charge in [0.15, 0.2) is 0 Å². The lowest BCUT2D eigenvalue weighted by Crippen LogP contribution is -2.20. The third kappa shape index (κ3) is 3.32. The number of allylic oxidation sites excluding steroid dienone is 3. The van der Waals surface area contributed by atoms with Gasteiger partial charge < -0.3 is 5.11 Å². The van der Waals surface area contributed by atoms with Crippen molar-refractivity contribution in [1.29, 1.82) is 0 Å². The number of aliphatic hydroxyl groups is 1. The molecule has 0 spiro atoms. The summed E-state index contributed by atoms with van der Waals surface area (Å²) in [7, 11) is 0. The maximum atomic E-state index is 9.82. The van der Waals surface area contributed by atoms with Crippen LogP contribution in [0.15, 0.2) is 36.0 Å². The molecule has 0 amide bonds. The molecule has 0 bridgehead atoms. The first-order chi connectivity index (χ1) is 7.89. The summed E-state index contributed by atoms with van der Waals surface area (Å²) in [6.07, 6.45) is 8.84. The highest BCUT2D eigenvalue weighted by Gasteiger charge is 2.33. The summed E-state index contributed by atoms with van der Waals surface area (Å²) < 4.78 is 0. The van der Waals surface area contributed by atoms with E-state index in [0.29, 0.717) is 17.8 Å². The van der Waals surface area contributed by atoms with Gasteiger partial charge in [-0.3, -0.25) is 0 Å². The van der Waals surface area contributed by atoms with E-state index in [1.54, 1.807) is 6.08 Å².